The molecule has 0 bridgehead atoms. The number of amides is 2. The van der Waals surface area contributed by atoms with E-state index in [1.54, 1.807) is 11.3 Å². The van der Waals surface area contributed by atoms with Crippen molar-refractivity contribution >= 4 is 23.0 Å². The Morgan fingerprint density at radius 1 is 1.33 bits per heavy atom. The van der Waals surface area contributed by atoms with Crippen LogP contribution in [0.1, 0.15) is 17.3 Å². The number of imidazole rings is 1. The van der Waals surface area contributed by atoms with E-state index in [1.165, 1.54) is 5.56 Å². The first-order chi connectivity index (χ1) is 11.6. The van der Waals surface area contributed by atoms with Crippen molar-refractivity contribution in [2.24, 2.45) is 0 Å². The standard InChI is InChI=1S/C17H21N5OS/c1-21(2)15(13-6-8-24-12-13)10-19-17(23)18-9-14-11-22-7-4-3-5-16(22)20-14/h3-8,11-12,15H,9-10H2,1-2H3,(H2,18,19,23)/t15-/m0/s1. The van der Waals surface area contributed by atoms with E-state index in [2.05, 4.69) is 37.3 Å². The SMILES string of the molecule is CN(C)[C@@H](CNC(=O)NCc1cn2ccccc2n1)c1ccsc1. The Bertz CT molecular complexity index is 763. The van der Waals surface area contributed by atoms with E-state index in [4.69, 9.17) is 0 Å². The second kappa shape index (κ2) is 7.46. The molecule has 3 heterocycles. The number of pyridine rings is 1. The Kier molecular flexibility index (Phi) is 5.12. The average Bonchev–Trinajstić information content (AvgIpc) is 3.22. The van der Waals surface area contributed by atoms with Gasteiger partial charge in [0.25, 0.3) is 0 Å². The van der Waals surface area contributed by atoms with Crippen molar-refractivity contribution in [3.8, 4) is 0 Å². The van der Waals surface area contributed by atoms with Crippen molar-refractivity contribution in [3.05, 3.63) is 58.7 Å². The Balaban J connectivity index is 1.51. The molecule has 2 N–H and O–H groups in total. The summed E-state index contributed by atoms with van der Waals surface area (Å²) in [7, 11) is 4.02. The van der Waals surface area contributed by atoms with E-state index in [1.807, 2.05) is 49.1 Å². The van der Waals surface area contributed by atoms with Gasteiger partial charge in [-0.3, -0.25) is 0 Å². The summed E-state index contributed by atoms with van der Waals surface area (Å²) in [5.74, 6) is 0. The molecule has 0 saturated carbocycles. The van der Waals surface area contributed by atoms with Crippen molar-refractivity contribution in [1.82, 2.24) is 24.9 Å². The van der Waals surface area contributed by atoms with Crippen molar-refractivity contribution in [3.63, 3.8) is 0 Å². The fourth-order valence-corrected chi connectivity index (χ4v) is 3.27. The molecule has 0 spiro atoms. The van der Waals surface area contributed by atoms with Gasteiger partial charge in [0.2, 0.25) is 0 Å². The van der Waals surface area contributed by atoms with Crippen LogP contribution in [0.15, 0.2) is 47.4 Å². The number of fused-ring (bicyclic) bond motifs is 1. The number of likely N-dealkylation sites (N-methyl/N-ethyl adjacent to an activating group) is 1. The van der Waals surface area contributed by atoms with Crippen LogP contribution in [0, 0.1) is 0 Å². The first-order valence-corrected chi connectivity index (χ1v) is 8.70. The summed E-state index contributed by atoms with van der Waals surface area (Å²) in [6, 6.07) is 7.89. The lowest BCUT2D eigenvalue weighted by Crippen LogP contribution is -2.40. The van der Waals surface area contributed by atoms with Gasteiger partial charge < -0.3 is 19.9 Å². The highest BCUT2D eigenvalue weighted by Crippen LogP contribution is 2.19. The molecular formula is C17H21N5OS. The topological polar surface area (TPSA) is 61.7 Å². The highest BCUT2D eigenvalue weighted by molar-refractivity contribution is 7.07. The predicted molar refractivity (Wildman–Crippen MR) is 96.2 cm³/mol. The number of hydrogen-bond donors (Lipinski definition) is 2. The molecule has 0 unspecified atom stereocenters. The minimum Gasteiger partial charge on any atom is -0.336 e. The summed E-state index contributed by atoms with van der Waals surface area (Å²) in [4.78, 5) is 18.6. The lowest BCUT2D eigenvalue weighted by molar-refractivity contribution is 0.232. The molecule has 7 heteroatoms. The largest absolute Gasteiger partial charge is 0.336 e. The van der Waals surface area contributed by atoms with Crippen LogP contribution in [0.3, 0.4) is 0 Å². The highest BCUT2D eigenvalue weighted by atomic mass is 32.1. The van der Waals surface area contributed by atoms with Crippen molar-refractivity contribution in [1.29, 1.82) is 0 Å². The molecule has 0 saturated heterocycles. The molecule has 0 aromatic carbocycles. The lowest BCUT2D eigenvalue weighted by atomic mass is 10.1. The highest BCUT2D eigenvalue weighted by Gasteiger charge is 2.15. The van der Waals surface area contributed by atoms with E-state index >= 15 is 0 Å². The summed E-state index contributed by atoms with van der Waals surface area (Å²) < 4.78 is 1.94. The summed E-state index contributed by atoms with van der Waals surface area (Å²) in [6.07, 6.45) is 3.86. The van der Waals surface area contributed by atoms with Gasteiger partial charge in [-0.15, -0.1) is 0 Å². The maximum Gasteiger partial charge on any atom is 0.315 e. The number of nitrogens with zero attached hydrogens (tertiary/aromatic N) is 3. The van der Waals surface area contributed by atoms with Gasteiger partial charge in [0.05, 0.1) is 18.3 Å². The smallest absolute Gasteiger partial charge is 0.315 e. The number of urea groups is 1. The second-order valence-corrected chi connectivity index (χ2v) is 6.58. The Morgan fingerprint density at radius 3 is 2.92 bits per heavy atom. The Hall–Kier alpha value is -2.38. The number of rotatable bonds is 6. The molecule has 6 nitrogen and oxygen atoms in total. The van der Waals surface area contributed by atoms with Gasteiger partial charge in [0.15, 0.2) is 0 Å². The summed E-state index contributed by atoms with van der Waals surface area (Å²) in [5.41, 5.74) is 2.92. The van der Waals surface area contributed by atoms with Crippen LogP contribution in [0.5, 0.6) is 0 Å². The summed E-state index contributed by atoms with van der Waals surface area (Å²) >= 11 is 1.66. The van der Waals surface area contributed by atoms with E-state index < -0.39 is 0 Å². The molecule has 3 aromatic rings. The first kappa shape index (κ1) is 16.5. The van der Waals surface area contributed by atoms with Gasteiger partial charge in [-0.1, -0.05) is 6.07 Å². The number of carbonyl (C=O) groups is 1. The molecule has 126 valence electrons. The quantitative estimate of drug-likeness (QED) is 0.723. The van der Waals surface area contributed by atoms with Crippen LogP contribution >= 0.6 is 11.3 Å². The zero-order chi connectivity index (χ0) is 16.9. The number of aromatic nitrogens is 2. The van der Waals surface area contributed by atoms with Crippen LogP contribution in [-0.4, -0.2) is 41.0 Å². The van der Waals surface area contributed by atoms with Crippen LogP contribution in [0.4, 0.5) is 4.79 Å². The second-order valence-electron chi connectivity index (χ2n) is 5.80. The molecule has 1 atom stereocenters. The van der Waals surface area contributed by atoms with Crippen LogP contribution in [0.25, 0.3) is 5.65 Å². The molecule has 2 amide bonds. The Labute approximate surface area is 145 Å². The van der Waals surface area contributed by atoms with Gasteiger partial charge in [-0.2, -0.15) is 11.3 Å². The summed E-state index contributed by atoms with van der Waals surface area (Å²) in [5, 5.41) is 9.96. The van der Waals surface area contributed by atoms with Gasteiger partial charge >= 0.3 is 6.03 Å². The molecule has 3 aromatic heterocycles. The maximum atomic E-state index is 12.1. The van der Waals surface area contributed by atoms with Crippen LogP contribution in [-0.2, 0) is 6.54 Å². The zero-order valence-electron chi connectivity index (χ0n) is 13.8. The molecule has 0 aliphatic carbocycles. The fourth-order valence-electron chi connectivity index (χ4n) is 2.56. The third kappa shape index (κ3) is 3.93. The van der Waals surface area contributed by atoms with E-state index in [0.29, 0.717) is 13.1 Å². The van der Waals surface area contributed by atoms with Crippen LogP contribution in [0.2, 0.25) is 0 Å². The van der Waals surface area contributed by atoms with E-state index in [9.17, 15) is 4.79 Å². The number of carbonyl (C=O) groups excluding carboxylic acids is 1. The molecular weight excluding hydrogens is 322 g/mol. The first-order valence-electron chi connectivity index (χ1n) is 7.76. The Morgan fingerprint density at radius 2 is 2.21 bits per heavy atom. The van der Waals surface area contributed by atoms with E-state index in [0.717, 1.165) is 11.3 Å². The predicted octanol–water partition coefficient (Wildman–Crippen LogP) is 2.50. The zero-order valence-corrected chi connectivity index (χ0v) is 14.6. The summed E-state index contributed by atoms with van der Waals surface area (Å²) in [6.45, 7) is 0.958. The lowest BCUT2D eigenvalue weighted by Gasteiger charge is -2.24. The normalized spacial score (nSPS) is 12.5. The maximum absolute atomic E-state index is 12.1. The third-order valence-electron chi connectivity index (χ3n) is 3.85. The van der Waals surface area contributed by atoms with Gasteiger partial charge in [-0.25, -0.2) is 9.78 Å². The molecule has 3 rings (SSSR count). The number of thiophene rings is 1. The fraction of sp³-hybridized carbons (Fsp3) is 0.294. The van der Waals surface area contributed by atoms with E-state index in [-0.39, 0.29) is 12.1 Å². The third-order valence-corrected chi connectivity index (χ3v) is 4.55. The van der Waals surface area contributed by atoms with Gasteiger partial charge in [0.1, 0.15) is 5.65 Å². The van der Waals surface area contributed by atoms with Gasteiger partial charge in [0, 0.05) is 18.9 Å². The minimum absolute atomic E-state index is 0.164. The minimum atomic E-state index is -0.186. The number of hydrogen-bond acceptors (Lipinski definition) is 4. The number of nitrogens with one attached hydrogen (secondary N) is 2. The van der Waals surface area contributed by atoms with Crippen molar-refractivity contribution < 1.29 is 4.79 Å². The van der Waals surface area contributed by atoms with Gasteiger partial charge in [-0.05, 0) is 48.6 Å². The van der Waals surface area contributed by atoms with Crippen molar-refractivity contribution in [2.45, 2.75) is 12.6 Å². The molecule has 0 radical (unpaired) electrons. The van der Waals surface area contributed by atoms with Crippen molar-refractivity contribution in [2.75, 3.05) is 20.6 Å². The molecule has 0 aliphatic heterocycles. The monoisotopic (exact) mass is 343 g/mol. The molecule has 0 fully saturated rings. The average molecular weight is 343 g/mol. The molecule has 0 aliphatic rings. The van der Waals surface area contributed by atoms with Crippen LogP contribution < -0.4 is 10.6 Å². The molecule has 24 heavy (non-hydrogen) atoms.